The van der Waals surface area contributed by atoms with E-state index in [2.05, 4.69) is 4.98 Å². The van der Waals surface area contributed by atoms with Gasteiger partial charge in [-0.05, 0) is 12.1 Å². The molecule has 4 nitrogen and oxygen atoms in total. The van der Waals surface area contributed by atoms with Crippen molar-refractivity contribution in [3.8, 4) is 0 Å². The number of hydrogen-bond acceptors (Lipinski definition) is 3. The van der Waals surface area contributed by atoms with Gasteiger partial charge in [-0.3, -0.25) is 9.20 Å². The minimum Gasteiger partial charge on any atom is -0.310 e. The summed E-state index contributed by atoms with van der Waals surface area (Å²) in [4.78, 5) is 19.0. The number of fused-ring (bicyclic) bond motifs is 1. The number of benzene rings is 1. The molecule has 18 heavy (non-hydrogen) atoms. The number of carbonyl (C=O) groups is 1. The van der Waals surface area contributed by atoms with E-state index in [0.29, 0.717) is 5.69 Å². The third-order valence-corrected chi connectivity index (χ3v) is 3.53. The van der Waals surface area contributed by atoms with Gasteiger partial charge in [0.15, 0.2) is 4.96 Å². The van der Waals surface area contributed by atoms with E-state index in [9.17, 15) is 4.79 Å². The van der Waals surface area contributed by atoms with Crippen molar-refractivity contribution in [1.29, 1.82) is 0 Å². The van der Waals surface area contributed by atoms with E-state index in [1.807, 2.05) is 46.3 Å². The summed E-state index contributed by atoms with van der Waals surface area (Å²) in [7, 11) is 1.76. The maximum absolute atomic E-state index is 12.3. The molecule has 0 aliphatic rings. The van der Waals surface area contributed by atoms with Crippen LogP contribution in [0.15, 0.2) is 48.1 Å². The lowest BCUT2D eigenvalue weighted by Crippen LogP contribution is -2.26. The Hall–Kier alpha value is -2.14. The fourth-order valence-corrected chi connectivity index (χ4v) is 2.47. The van der Waals surface area contributed by atoms with Crippen molar-refractivity contribution in [3.63, 3.8) is 0 Å². The van der Waals surface area contributed by atoms with Crippen LogP contribution in [0.25, 0.3) is 4.96 Å². The number of thiazole rings is 1. The van der Waals surface area contributed by atoms with Gasteiger partial charge in [-0.2, -0.15) is 0 Å². The van der Waals surface area contributed by atoms with Crippen molar-refractivity contribution in [2.45, 2.75) is 0 Å². The topological polar surface area (TPSA) is 37.6 Å². The van der Waals surface area contributed by atoms with Crippen LogP contribution in [-0.2, 0) is 0 Å². The Balaban J connectivity index is 1.93. The number of rotatable bonds is 2. The summed E-state index contributed by atoms with van der Waals surface area (Å²) < 4.78 is 1.86. The van der Waals surface area contributed by atoms with Crippen LogP contribution in [0.4, 0.5) is 5.69 Å². The van der Waals surface area contributed by atoms with E-state index in [1.165, 1.54) is 11.3 Å². The first-order chi connectivity index (χ1) is 8.75. The van der Waals surface area contributed by atoms with Crippen LogP contribution in [0.2, 0.25) is 0 Å². The zero-order valence-corrected chi connectivity index (χ0v) is 10.6. The molecule has 0 aliphatic heterocycles. The first-order valence-electron chi connectivity index (χ1n) is 5.51. The molecule has 0 atom stereocenters. The Bertz CT molecular complexity index is 658. The van der Waals surface area contributed by atoms with Crippen molar-refractivity contribution >= 4 is 27.9 Å². The molecule has 0 aliphatic carbocycles. The molecule has 0 saturated carbocycles. The van der Waals surface area contributed by atoms with Gasteiger partial charge in [0.1, 0.15) is 5.69 Å². The van der Waals surface area contributed by atoms with E-state index >= 15 is 0 Å². The molecule has 0 fully saturated rings. The molecule has 0 N–H and O–H groups in total. The van der Waals surface area contributed by atoms with Gasteiger partial charge in [0.2, 0.25) is 0 Å². The van der Waals surface area contributed by atoms with Gasteiger partial charge < -0.3 is 4.90 Å². The Morgan fingerprint density at radius 1 is 1.33 bits per heavy atom. The number of anilines is 1. The summed E-state index contributed by atoms with van der Waals surface area (Å²) in [6.07, 6.45) is 3.65. The number of nitrogens with zero attached hydrogens (tertiary/aromatic N) is 3. The average molecular weight is 257 g/mol. The number of aromatic nitrogens is 2. The van der Waals surface area contributed by atoms with Gasteiger partial charge in [-0.25, -0.2) is 4.98 Å². The van der Waals surface area contributed by atoms with Crippen molar-refractivity contribution in [1.82, 2.24) is 9.38 Å². The molecule has 0 unspecified atom stereocenters. The average Bonchev–Trinajstić information content (AvgIpc) is 2.99. The predicted molar refractivity (Wildman–Crippen MR) is 72.2 cm³/mol. The van der Waals surface area contributed by atoms with Crippen molar-refractivity contribution < 1.29 is 4.79 Å². The van der Waals surface area contributed by atoms with E-state index < -0.39 is 0 Å². The normalized spacial score (nSPS) is 10.7. The standard InChI is InChI=1S/C13H11N3OS/c1-15(10-5-3-2-4-6-10)12(17)11-9-16-7-8-18-13(16)14-11/h2-9H,1H3. The second-order valence-corrected chi connectivity index (χ2v) is 4.79. The zero-order valence-electron chi connectivity index (χ0n) is 9.78. The van der Waals surface area contributed by atoms with Gasteiger partial charge in [-0.1, -0.05) is 18.2 Å². The summed E-state index contributed by atoms with van der Waals surface area (Å²) >= 11 is 1.51. The highest BCUT2D eigenvalue weighted by atomic mass is 32.1. The van der Waals surface area contributed by atoms with Crippen molar-refractivity contribution in [2.24, 2.45) is 0 Å². The second kappa shape index (κ2) is 4.27. The molecule has 0 saturated heterocycles. The summed E-state index contributed by atoms with van der Waals surface area (Å²) in [6.45, 7) is 0. The van der Waals surface area contributed by atoms with Crippen LogP contribution >= 0.6 is 11.3 Å². The third-order valence-electron chi connectivity index (χ3n) is 2.76. The Kier molecular flexibility index (Phi) is 2.60. The highest BCUT2D eigenvalue weighted by Crippen LogP contribution is 2.16. The summed E-state index contributed by atoms with van der Waals surface area (Å²) in [6, 6.07) is 9.54. The van der Waals surface area contributed by atoms with Gasteiger partial charge in [-0.15, -0.1) is 11.3 Å². The fraction of sp³-hybridized carbons (Fsp3) is 0.0769. The molecule has 0 radical (unpaired) electrons. The van der Waals surface area contributed by atoms with E-state index in [0.717, 1.165) is 10.6 Å². The van der Waals surface area contributed by atoms with Crippen LogP contribution in [-0.4, -0.2) is 22.3 Å². The molecule has 2 aromatic heterocycles. The molecule has 0 bridgehead atoms. The molecule has 90 valence electrons. The molecular weight excluding hydrogens is 246 g/mol. The maximum atomic E-state index is 12.3. The number of imidazole rings is 1. The molecule has 5 heteroatoms. The number of carbonyl (C=O) groups excluding carboxylic acids is 1. The van der Waals surface area contributed by atoms with Crippen LogP contribution < -0.4 is 4.90 Å². The zero-order chi connectivity index (χ0) is 12.5. The smallest absolute Gasteiger partial charge is 0.278 e. The molecule has 2 heterocycles. The lowest BCUT2D eigenvalue weighted by Gasteiger charge is -2.15. The first-order valence-corrected chi connectivity index (χ1v) is 6.39. The van der Waals surface area contributed by atoms with Crippen molar-refractivity contribution in [2.75, 3.05) is 11.9 Å². The van der Waals surface area contributed by atoms with Crippen LogP contribution in [0.3, 0.4) is 0 Å². The molecular formula is C13H11N3OS. The summed E-state index contributed by atoms with van der Waals surface area (Å²) in [5.74, 6) is -0.0999. The minimum atomic E-state index is -0.0999. The first kappa shape index (κ1) is 11.0. The monoisotopic (exact) mass is 257 g/mol. The van der Waals surface area contributed by atoms with Crippen LogP contribution in [0.5, 0.6) is 0 Å². The maximum Gasteiger partial charge on any atom is 0.278 e. The SMILES string of the molecule is CN(C(=O)c1cn2ccsc2n1)c1ccccc1. The lowest BCUT2D eigenvalue weighted by molar-refractivity contribution is 0.0989. The Labute approximate surface area is 108 Å². The highest BCUT2D eigenvalue weighted by Gasteiger charge is 2.16. The number of para-hydroxylation sites is 1. The predicted octanol–water partition coefficient (Wildman–Crippen LogP) is 2.67. The minimum absolute atomic E-state index is 0.0999. The fourth-order valence-electron chi connectivity index (χ4n) is 1.77. The van der Waals surface area contributed by atoms with E-state index in [-0.39, 0.29) is 5.91 Å². The third kappa shape index (κ3) is 1.78. The Morgan fingerprint density at radius 2 is 2.11 bits per heavy atom. The van der Waals surface area contributed by atoms with E-state index in [1.54, 1.807) is 18.1 Å². The lowest BCUT2D eigenvalue weighted by atomic mass is 10.3. The quantitative estimate of drug-likeness (QED) is 0.708. The van der Waals surface area contributed by atoms with Gasteiger partial charge in [0.05, 0.1) is 0 Å². The molecule has 1 aromatic carbocycles. The second-order valence-electron chi connectivity index (χ2n) is 3.92. The number of amides is 1. The van der Waals surface area contributed by atoms with Gasteiger partial charge >= 0.3 is 0 Å². The number of hydrogen-bond donors (Lipinski definition) is 0. The molecule has 0 spiro atoms. The summed E-state index contributed by atoms with van der Waals surface area (Å²) in [5, 5.41) is 1.94. The molecule has 3 aromatic rings. The van der Waals surface area contributed by atoms with Gasteiger partial charge in [0, 0.05) is 30.5 Å². The van der Waals surface area contributed by atoms with Crippen LogP contribution in [0, 0.1) is 0 Å². The van der Waals surface area contributed by atoms with Crippen molar-refractivity contribution in [3.05, 3.63) is 53.8 Å². The molecule has 3 rings (SSSR count). The highest BCUT2D eigenvalue weighted by molar-refractivity contribution is 7.15. The summed E-state index contributed by atoms with van der Waals surface area (Å²) in [5.41, 5.74) is 1.33. The van der Waals surface area contributed by atoms with Crippen LogP contribution in [0.1, 0.15) is 10.5 Å². The largest absolute Gasteiger partial charge is 0.310 e. The van der Waals surface area contributed by atoms with Gasteiger partial charge in [0.25, 0.3) is 5.91 Å². The molecule has 1 amide bonds. The Morgan fingerprint density at radius 3 is 2.83 bits per heavy atom. The van der Waals surface area contributed by atoms with E-state index in [4.69, 9.17) is 0 Å².